The number of carbonyl (C=O) groups is 1. The van der Waals surface area contributed by atoms with Gasteiger partial charge in [-0.05, 0) is 19.1 Å². The van der Waals surface area contributed by atoms with Crippen LogP contribution in [0.25, 0.3) is 0 Å². The molecule has 8 nitrogen and oxygen atoms in total. The van der Waals surface area contributed by atoms with Crippen molar-refractivity contribution in [1.82, 2.24) is 0 Å². The molecule has 1 amide bonds. The molecule has 0 aliphatic heterocycles. The van der Waals surface area contributed by atoms with Crippen LogP contribution in [-0.4, -0.2) is 44.4 Å². The van der Waals surface area contributed by atoms with Crippen molar-refractivity contribution >= 4 is 17.3 Å². The quantitative estimate of drug-likeness (QED) is 0.422. The Hall–Kier alpha value is -2.19. The number of rotatable bonds is 9. The Balaban J connectivity index is 2.68. The van der Waals surface area contributed by atoms with Crippen LogP contribution in [0, 0.1) is 10.1 Å². The summed E-state index contributed by atoms with van der Waals surface area (Å²) in [4.78, 5) is 22.1. The van der Waals surface area contributed by atoms with Crippen LogP contribution in [0.15, 0.2) is 18.2 Å². The molecule has 0 saturated carbocycles. The summed E-state index contributed by atoms with van der Waals surface area (Å²) in [5.41, 5.74) is -0.130. The number of nitrogens with one attached hydrogen (secondary N) is 1. The Morgan fingerprint density at radius 2 is 2.14 bits per heavy atom. The first-order chi connectivity index (χ1) is 10.1. The number of hydrogen-bond donors (Lipinski definition) is 1. The van der Waals surface area contributed by atoms with Crippen molar-refractivity contribution in [2.24, 2.45) is 0 Å². The fourth-order valence-electron chi connectivity index (χ4n) is 1.52. The first-order valence-corrected chi connectivity index (χ1v) is 6.36. The molecule has 0 aliphatic rings. The van der Waals surface area contributed by atoms with Crippen molar-refractivity contribution in [3.63, 3.8) is 0 Å². The minimum atomic E-state index is -0.579. The number of benzene rings is 1. The van der Waals surface area contributed by atoms with Gasteiger partial charge in [0.15, 0.2) is 0 Å². The van der Waals surface area contributed by atoms with Gasteiger partial charge in [0.2, 0.25) is 0 Å². The number of carbonyl (C=O) groups excluding carboxylic acids is 1. The summed E-state index contributed by atoms with van der Waals surface area (Å²) < 4.78 is 15.0. The maximum atomic E-state index is 11.6. The number of hydrogen-bond acceptors (Lipinski definition) is 6. The molecule has 0 atom stereocenters. The molecule has 0 bridgehead atoms. The molecule has 1 rings (SSSR count). The molecule has 0 radical (unpaired) electrons. The van der Waals surface area contributed by atoms with Gasteiger partial charge in [0.1, 0.15) is 18.0 Å². The largest absolute Gasteiger partial charge is 0.494 e. The number of amides is 1. The second kappa shape index (κ2) is 8.88. The predicted molar refractivity (Wildman–Crippen MR) is 75.6 cm³/mol. The minimum Gasteiger partial charge on any atom is -0.494 e. The second-order valence-corrected chi connectivity index (χ2v) is 3.96. The zero-order valence-electron chi connectivity index (χ0n) is 12.0. The number of anilines is 1. The van der Waals surface area contributed by atoms with E-state index in [4.69, 9.17) is 14.2 Å². The summed E-state index contributed by atoms with van der Waals surface area (Å²) in [6.07, 6.45) is 0. The molecule has 0 aromatic heterocycles. The van der Waals surface area contributed by atoms with E-state index in [1.807, 2.05) is 0 Å². The highest BCUT2D eigenvalue weighted by Gasteiger charge is 2.17. The lowest BCUT2D eigenvalue weighted by Crippen LogP contribution is -2.20. The molecule has 0 aliphatic carbocycles. The van der Waals surface area contributed by atoms with Gasteiger partial charge in [-0.2, -0.15) is 0 Å². The number of nitro benzene ring substituents is 1. The first-order valence-electron chi connectivity index (χ1n) is 6.36. The van der Waals surface area contributed by atoms with E-state index in [0.29, 0.717) is 19.0 Å². The summed E-state index contributed by atoms with van der Waals surface area (Å²) in [7, 11) is 1.52. The number of ether oxygens (including phenoxy) is 3. The Morgan fingerprint density at radius 1 is 1.38 bits per heavy atom. The van der Waals surface area contributed by atoms with Gasteiger partial charge >= 0.3 is 0 Å². The van der Waals surface area contributed by atoms with Crippen LogP contribution in [0.1, 0.15) is 6.92 Å². The Labute approximate surface area is 122 Å². The third-order valence-electron chi connectivity index (χ3n) is 2.42. The van der Waals surface area contributed by atoms with Crippen LogP contribution < -0.4 is 10.1 Å². The smallest absolute Gasteiger partial charge is 0.296 e. The summed E-state index contributed by atoms with van der Waals surface area (Å²) in [6, 6.07) is 4.25. The molecular formula is C13H18N2O6. The van der Waals surface area contributed by atoms with Gasteiger partial charge in [-0.25, -0.2) is 0 Å². The maximum Gasteiger partial charge on any atom is 0.296 e. The molecule has 0 unspecified atom stereocenters. The summed E-state index contributed by atoms with van der Waals surface area (Å²) >= 11 is 0. The van der Waals surface area contributed by atoms with E-state index in [2.05, 4.69) is 5.32 Å². The van der Waals surface area contributed by atoms with Crippen LogP contribution in [0.4, 0.5) is 11.4 Å². The highest BCUT2D eigenvalue weighted by Crippen LogP contribution is 2.29. The van der Waals surface area contributed by atoms with E-state index >= 15 is 0 Å². The lowest BCUT2D eigenvalue weighted by Gasteiger charge is -2.08. The highest BCUT2D eigenvalue weighted by atomic mass is 16.6. The van der Waals surface area contributed by atoms with Crippen LogP contribution in [0.3, 0.4) is 0 Å². The molecule has 1 N–H and O–H groups in total. The summed E-state index contributed by atoms with van der Waals surface area (Å²) in [5.74, 6) is -0.100. The van der Waals surface area contributed by atoms with E-state index in [0.717, 1.165) is 0 Å². The van der Waals surface area contributed by atoms with E-state index in [-0.39, 0.29) is 24.6 Å². The predicted octanol–water partition coefficient (Wildman–Crippen LogP) is 1.59. The standard InChI is InChI=1S/C13H18N2O6/c1-3-21-10-4-5-11(12(8-10)15(17)18)14-13(16)9-20-7-6-19-2/h4-5,8H,3,6-7,9H2,1-2H3,(H,14,16). The fraction of sp³-hybridized carbons (Fsp3) is 0.462. The number of nitro groups is 1. The third kappa shape index (κ3) is 5.76. The molecule has 1 aromatic carbocycles. The van der Waals surface area contributed by atoms with E-state index < -0.39 is 10.8 Å². The van der Waals surface area contributed by atoms with Crippen molar-refractivity contribution in [2.75, 3.05) is 38.9 Å². The van der Waals surface area contributed by atoms with Gasteiger partial charge < -0.3 is 19.5 Å². The van der Waals surface area contributed by atoms with Gasteiger partial charge in [0.05, 0.1) is 30.8 Å². The minimum absolute atomic E-state index is 0.101. The van der Waals surface area contributed by atoms with Gasteiger partial charge in [-0.3, -0.25) is 14.9 Å². The molecule has 0 spiro atoms. The monoisotopic (exact) mass is 298 g/mol. The van der Waals surface area contributed by atoms with E-state index in [1.54, 1.807) is 13.0 Å². The lowest BCUT2D eigenvalue weighted by molar-refractivity contribution is -0.384. The SMILES string of the molecule is CCOc1ccc(NC(=O)COCCOC)c([N+](=O)[O-])c1. The topological polar surface area (TPSA) is 99.9 Å². The Kier molecular flexibility index (Phi) is 7.13. The van der Waals surface area contributed by atoms with Crippen LogP contribution in [0.5, 0.6) is 5.75 Å². The van der Waals surface area contributed by atoms with Crippen molar-refractivity contribution in [1.29, 1.82) is 0 Å². The molecule has 0 heterocycles. The molecule has 1 aromatic rings. The van der Waals surface area contributed by atoms with E-state index in [9.17, 15) is 14.9 Å². The third-order valence-corrected chi connectivity index (χ3v) is 2.42. The van der Waals surface area contributed by atoms with Crippen LogP contribution in [0.2, 0.25) is 0 Å². The summed E-state index contributed by atoms with van der Waals surface area (Å²) in [5, 5.41) is 13.4. The zero-order valence-corrected chi connectivity index (χ0v) is 12.0. The molecule has 0 fully saturated rings. The van der Waals surface area contributed by atoms with Crippen molar-refractivity contribution in [3.8, 4) is 5.75 Å². The van der Waals surface area contributed by atoms with E-state index in [1.165, 1.54) is 19.2 Å². The molecular weight excluding hydrogens is 280 g/mol. The number of nitrogens with zero attached hydrogens (tertiary/aromatic N) is 1. The van der Waals surface area contributed by atoms with Gasteiger partial charge in [-0.15, -0.1) is 0 Å². The van der Waals surface area contributed by atoms with Gasteiger partial charge in [0.25, 0.3) is 11.6 Å². The average Bonchev–Trinajstić information content (AvgIpc) is 2.45. The molecule has 116 valence electrons. The Bertz CT molecular complexity index is 492. The van der Waals surface area contributed by atoms with Gasteiger partial charge in [0, 0.05) is 7.11 Å². The first kappa shape index (κ1) is 16.9. The van der Waals surface area contributed by atoms with Gasteiger partial charge in [-0.1, -0.05) is 0 Å². The number of methoxy groups -OCH3 is 1. The molecule has 0 saturated heterocycles. The van der Waals surface area contributed by atoms with Crippen LogP contribution in [-0.2, 0) is 14.3 Å². The fourth-order valence-corrected chi connectivity index (χ4v) is 1.52. The summed E-state index contributed by atoms with van der Waals surface area (Å²) in [6.45, 7) is 2.62. The highest BCUT2D eigenvalue weighted by molar-refractivity contribution is 5.94. The van der Waals surface area contributed by atoms with Crippen LogP contribution >= 0.6 is 0 Å². The Morgan fingerprint density at radius 3 is 2.76 bits per heavy atom. The van der Waals surface area contributed by atoms with Crippen molar-refractivity contribution < 1.29 is 23.9 Å². The maximum absolute atomic E-state index is 11.6. The van der Waals surface area contributed by atoms with Crippen molar-refractivity contribution in [3.05, 3.63) is 28.3 Å². The zero-order chi connectivity index (χ0) is 15.7. The average molecular weight is 298 g/mol. The molecule has 21 heavy (non-hydrogen) atoms. The van der Waals surface area contributed by atoms with Crippen molar-refractivity contribution in [2.45, 2.75) is 6.92 Å². The molecule has 8 heteroatoms. The second-order valence-electron chi connectivity index (χ2n) is 3.96. The normalized spacial score (nSPS) is 10.2. The lowest BCUT2D eigenvalue weighted by atomic mass is 10.2.